The zero-order valence-electron chi connectivity index (χ0n) is 16.6. The van der Waals surface area contributed by atoms with Crippen molar-refractivity contribution >= 4 is 22.5 Å². The zero-order valence-corrected chi connectivity index (χ0v) is 17.4. The molecule has 0 aliphatic rings. The van der Waals surface area contributed by atoms with Crippen LogP contribution in [-0.4, -0.2) is 20.5 Å². The number of hydrogen-bond donors (Lipinski definition) is 1. The van der Waals surface area contributed by atoms with Crippen LogP contribution in [-0.2, 0) is 26.8 Å². The molecule has 1 heterocycles. The number of carbonyl (C=O) groups excluding carboxylic acids is 1. The molecule has 1 amide bonds. The first kappa shape index (κ1) is 20.4. The number of nitrogens with zero attached hydrogens (tertiary/aromatic N) is 1. The highest BCUT2D eigenvalue weighted by atomic mass is 32.2. The van der Waals surface area contributed by atoms with Crippen LogP contribution < -0.4 is 5.32 Å². The van der Waals surface area contributed by atoms with Gasteiger partial charge in [-0.25, -0.2) is 0 Å². The molecular formula is C20H28N2O3S. The summed E-state index contributed by atoms with van der Waals surface area (Å²) in [5.41, 5.74) is 4.60. The van der Waals surface area contributed by atoms with Gasteiger partial charge in [-0.3, -0.25) is 9.00 Å². The lowest BCUT2D eigenvalue weighted by atomic mass is 9.84. The van der Waals surface area contributed by atoms with E-state index < -0.39 is 16.0 Å². The summed E-state index contributed by atoms with van der Waals surface area (Å²) in [6.07, 6.45) is 0. The first-order chi connectivity index (χ1) is 12.0. The van der Waals surface area contributed by atoms with Crippen LogP contribution in [0, 0.1) is 20.8 Å². The Morgan fingerprint density at radius 2 is 1.77 bits per heavy atom. The Hall–Kier alpha value is -1.95. The van der Waals surface area contributed by atoms with Gasteiger partial charge in [0.25, 0.3) is 0 Å². The molecular weight excluding hydrogens is 348 g/mol. The highest BCUT2D eigenvalue weighted by Crippen LogP contribution is 2.28. The third-order valence-corrected chi connectivity index (χ3v) is 6.07. The van der Waals surface area contributed by atoms with E-state index in [1.165, 1.54) is 5.56 Å². The van der Waals surface area contributed by atoms with E-state index in [0.717, 1.165) is 16.7 Å². The monoisotopic (exact) mass is 376 g/mol. The first-order valence-corrected chi connectivity index (χ1v) is 10.1. The van der Waals surface area contributed by atoms with E-state index in [4.69, 9.17) is 4.52 Å². The summed E-state index contributed by atoms with van der Waals surface area (Å²) in [4.78, 5) is 12.3. The van der Waals surface area contributed by atoms with Gasteiger partial charge < -0.3 is 9.84 Å². The van der Waals surface area contributed by atoms with Crippen LogP contribution in [0.4, 0.5) is 5.82 Å². The number of aryl methyl sites for hydroxylation is 3. The summed E-state index contributed by atoms with van der Waals surface area (Å²) in [6.45, 7) is 14.0. The SMILES string of the molecule is Cc1cc(NC(=O)[C@@H](C)[S@](=O)Cc2c(C)cc(C(C)(C)C)cc2C)no1. The molecule has 0 fully saturated rings. The Morgan fingerprint density at radius 3 is 2.23 bits per heavy atom. The van der Waals surface area contributed by atoms with E-state index in [2.05, 4.69) is 43.4 Å². The minimum Gasteiger partial charge on any atom is -0.360 e. The molecule has 5 nitrogen and oxygen atoms in total. The molecule has 0 unspecified atom stereocenters. The van der Waals surface area contributed by atoms with E-state index >= 15 is 0 Å². The molecule has 1 aromatic carbocycles. The topological polar surface area (TPSA) is 72.2 Å². The summed E-state index contributed by atoms with van der Waals surface area (Å²) in [6, 6.07) is 5.94. The smallest absolute Gasteiger partial charge is 0.241 e. The number of hydrogen-bond acceptors (Lipinski definition) is 4. The van der Waals surface area contributed by atoms with Crippen LogP contribution >= 0.6 is 0 Å². The summed E-state index contributed by atoms with van der Waals surface area (Å²) < 4.78 is 17.7. The third-order valence-electron chi connectivity index (χ3n) is 4.49. The fourth-order valence-corrected chi connectivity index (χ4v) is 3.98. The lowest BCUT2D eigenvalue weighted by Crippen LogP contribution is -2.30. The summed E-state index contributed by atoms with van der Waals surface area (Å²) >= 11 is 0. The van der Waals surface area contributed by atoms with Crippen molar-refractivity contribution in [1.82, 2.24) is 5.16 Å². The van der Waals surface area contributed by atoms with Crippen molar-refractivity contribution in [3.8, 4) is 0 Å². The number of anilines is 1. The minimum atomic E-state index is -1.33. The molecule has 2 aromatic rings. The number of nitrogens with one attached hydrogen (secondary N) is 1. The van der Waals surface area contributed by atoms with Gasteiger partial charge in [0, 0.05) is 22.6 Å². The Bertz CT molecular complexity index is 811. The fourth-order valence-electron chi connectivity index (χ4n) is 2.69. The molecule has 1 aromatic heterocycles. The molecule has 0 aliphatic heterocycles. The quantitative estimate of drug-likeness (QED) is 0.850. The zero-order chi connectivity index (χ0) is 19.6. The van der Waals surface area contributed by atoms with Crippen molar-refractivity contribution in [2.24, 2.45) is 0 Å². The predicted octanol–water partition coefficient (Wildman–Crippen LogP) is 4.17. The molecule has 0 saturated heterocycles. The molecule has 26 heavy (non-hydrogen) atoms. The summed E-state index contributed by atoms with van der Waals surface area (Å²) in [5, 5.41) is 5.74. The number of benzene rings is 1. The van der Waals surface area contributed by atoms with Gasteiger partial charge in [-0.1, -0.05) is 38.1 Å². The van der Waals surface area contributed by atoms with E-state index in [1.54, 1.807) is 19.9 Å². The van der Waals surface area contributed by atoms with Crippen molar-refractivity contribution in [3.05, 3.63) is 46.2 Å². The van der Waals surface area contributed by atoms with Gasteiger partial charge in [0.1, 0.15) is 11.0 Å². The van der Waals surface area contributed by atoms with Gasteiger partial charge in [0.2, 0.25) is 5.91 Å². The molecule has 0 aliphatic carbocycles. The largest absolute Gasteiger partial charge is 0.360 e. The molecule has 0 saturated carbocycles. The second-order valence-electron chi connectivity index (χ2n) is 7.82. The maximum absolute atomic E-state index is 12.7. The normalized spacial score (nSPS) is 14.1. The van der Waals surface area contributed by atoms with E-state index in [9.17, 15) is 9.00 Å². The van der Waals surface area contributed by atoms with Crippen LogP contribution in [0.3, 0.4) is 0 Å². The van der Waals surface area contributed by atoms with Crippen molar-refractivity contribution in [2.45, 2.75) is 64.9 Å². The summed E-state index contributed by atoms with van der Waals surface area (Å²) in [5.74, 6) is 0.991. The third kappa shape index (κ3) is 4.81. The van der Waals surface area contributed by atoms with E-state index in [-0.39, 0.29) is 11.3 Å². The van der Waals surface area contributed by atoms with Gasteiger partial charge in [0.15, 0.2) is 5.82 Å². The molecule has 142 valence electrons. The van der Waals surface area contributed by atoms with E-state index in [1.807, 2.05) is 13.8 Å². The lowest BCUT2D eigenvalue weighted by Gasteiger charge is -2.22. The van der Waals surface area contributed by atoms with Crippen molar-refractivity contribution in [3.63, 3.8) is 0 Å². The molecule has 6 heteroatoms. The van der Waals surface area contributed by atoms with Crippen LogP contribution in [0.25, 0.3) is 0 Å². The van der Waals surface area contributed by atoms with Crippen molar-refractivity contribution < 1.29 is 13.5 Å². The molecule has 1 N–H and O–H groups in total. The van der Waals surface area contributed by atoms with Gasteiger partial charge in [-0.15, -0.1) is 0 Å². The highest BCUT2D eigenvalue weighted by Gasteiger charge is 2.23. The maximum Gasteiger partial charge on any atom is 0.241 e. The first-order valence-electron chi connectivity index (χ1n) is 8.71. The number of amides is 1. The second-order valence-corrected chi connectivity index (χ2v) is 9.58. The number of rotatable bonds is 5. The van der Waals surface area contributed by atoms with Crippen LogP contribution in [0.5, 0.6) is 0 Å². The van der Waals surface area contributed by atoms with Gasteiger partial charge >= 0.3 is 0 Å². The molecule has 2 atom stereocenters. The fraction of sp³-hybridized carbons (Fsp3) is 0.500. The summed E-state index contributed by atoms with van der Waals surface area (Å²) in [7, 11) is -1.33. The Morgan fingerprint density at radius 1 is 1.19 bits per heavy atom. The molecule has 0 bridgehead atoms. The minimum absolute atomic E-state index is 0.0656. The highest BCUT2D eigenvalue weighted by molar-refractivity contribution is 7.85. The van der Waals surface area contributed by atoms with Crippen LogP contribution in [0.1, 0.15) is 55.7 Å². The second kappa shape index (κ2) is 7.74. The molecule has 0 spiro atoms. The lowest BCUT2D eigenvalue weighted by molar-refractivity contribution is -0.115. The maximum atomic E-state index is 12.7. The Balaban J connectivity index is 2.12. The van der Waals surface area contributed by atoms with Gasteiger partial charge in [-0.2, -0.15) is 0 Å². The molecule has 0 radical (unpaired) electrons. The van der Waals surface area contributed by atoms with Crippen molar-refractivity contribution in [2.75, 3.05) is 5.32 Å². The standard InChI is InChI=1S/C20H28N2O3S/c1-12-8-16(20(5,6)7)9-13(2)17(12)11-26(24)15(4)19(23)21-18-10-14(3)25-22-18/h8-10,15H,11H2,1-7H3,(H,21,22,23)/t15-,26-/m1/s1. The number of carbonyl (C=O) groups is 1. The predicted molar refractivity (Wildman–Crippen MR) is 106 cm³/mol. The van der Waals surface area contributed by atoms with Crippen molar-refractivity contribution in [1.29, 1.82) is 0 Å². The van der Waals surface area contributed by atoms with Crippen LogP contribution in [0.15, 0.2) is 22.7 Å². The molecule has 2 rings (SSSR count). The average molecular weight is 377 g/mol. The Kier molecular flexibility index (Phi) is 6.06. The van der Waals surface area contributed by atoms with Crippen LogP contribution in [0.2, 0.25) is 0 Å². The van der Waals surface area contributed by atoms with Gasteiger partial charge in [0.05, 0.1) is 0 Å². The van der Waals surface area contributed by atoms with Gasteiger partial charge in [-0.05, 0) is 55.4 Å². The average Bonchev–Trinajstić information content (AvgIpc) is 2.93. The number of aromatic nitrogens is 1. The van der Waals surface area contributed by atoms with E-state index in [0.29, 0.717) is 17.3 Å². The Labute approximate surface area is 158 Å².